The molecule has 1 aromatic heterocycles. The second kappa shape index (κ2) is 8.40. The number of nitrogens with zero attached hydrogens (tertiary/aromatic N) is 2. The number of fused-ring (bicyclic) bond motifs is 1. The molecule has 0 fully saturated rings. The summed E-state index contributed by atoms with van der Waals surface area (Å²) in [5.74, 6) is 0.488. The summed E-state index contributed by atoms with van der Waals surface area (Å²) < 4.78 is 16.4. The molecule has 0 N–H and O–H groups in total. The molecule has 0 spiro atoms. The fraction of sp³-hybridized carbons (Fsp3) is 0.227. The molecule has 0 bridgehead atoms. The lowest BCUT2D eigenvalue weighted by atomic mass is 10.0. The quantitative estimate of drug-likeness (QED) is 0.600. The van der Waals surface area contributed by atoms with E-state index < -0.39 is 5.97 Å². The van der Waals surface area contributed by atoms with Crippen LogP contribution in [0.2, 0.25) is 0 Å². The largest absolute Gasteiger partial charge is 0.490 e. The molecule has 1 heterocycles. The minimum absolute atomic E-state index is 0.0576. The molecule has 0 aliphatic rings. The van der Waals surface area contributed by atoms with Crippen molar-refractivity contribution in [2.75, 3.05) is 13.7 Å². The van der Waals surface area contributed by atoms with Crippen molar-refractivity contribution in [2.45, 2.75) is 20.5 Å². The van der Waals surface area contributed by atoms with Crippen molar-refractivity contribution in [3.8, 4) is 17.6 Å². The molecule has 28 heavy (non-hydrogen) atoms. The Balaban J connectivity index is 2.01. The Kier molecular flexibility index (Phi) is 5.75. The van der Waals surface area contributed by atoms with Crippen LogP contribution in [0.1, 0.15) is 34.1 Å². The summed E-state index contributed by atoms with van der Waals surface area (Å²) in [5.41, 5.74) is 2.92. The maximum absolute atomic E-state index is 12.4. The molecule has 0 aliphatic carbocycles. The summed E-state index contributed by atoms with van der Waals surface area (Å²) in [6.07, 6.45) is 0. The Morgan fingerprint density at radius 1 is 1.14 bits per heavy atom. The molecule has 3 aromatic rings. The number of hydrogen-bond acceptors (Lipinski definition) is 6. The molecule has 0 atom stereocenters. The van der Waals surface area contributed by atoms with Crippen LogP contribution in [0.25, 0.3) is 10.9 Å². The van der Waals surface area contributed by atoms with E-state index >= 15 is 0 Å². The highest BCUT2D eigenvalue weighted by atomic mass is 16.5. The third-order valence-corrected chi connectivity index (χ3v) is 4.35. The van der Waals surface area contributed by atoms with Crippen LogP contribution in [-0.2, 0) is 11.3 Å². The highest BCUT2D eigenvalue weighted by molar-refractivity contribution is 5.98. The van der Waals surface area contributed by atoms with Crippen molar-refractivity contribution in [1.82, 2.24) is 4.98 Å². The molecule has 0 radical (unpaired) electrons. The number of ether oxygens (including phenoxy) is 3. The Labute approximate surface area is 163 Å². The highest BCUT2D eigenvalue weighted by Gasteiger charge is 2.20. The van der Waals surface area contributed by atoms with Crippen molar-refractivity contribution in [2.24, 2.45) is 0 Å². The Morgan fingerprint density at radius 2 is 1.93 bits per heavy atom. The number of pyridine rings is 1. The second-order valence-corrected chi connectivity index (χ2v) is 6.06. The number of hydrogen-bond donors (Lipinski definition) is 0. The van der Waals surface area contributed by atoms with E-state index in [9.17, 15) is 4.79 Å². The van der Waals surface area contributed by atoms with Gasteiger partial charge in [0.2, 0.25) is 0 Å². The van der Waals surface area contributed by atoms with Gasteiger partial charge in [0.25, 0.3) is 0 Å². The molecule has 2 aromatic carbocycles. The van der Waals surface area contributed by atoms with E-state index in [0.717, 1.165) is 16.5 Å². The van der Waals surface area contributed by atoms with Crippen molar-refractivity contribution in [3.63, 3.8) is 0 Å². The van der Waals surface area contributed by atoms with Gasteiger partial charge in [0.05, 0.1) is 42.1 Å². The second-order valence-electron chi connectivity index (χ2n) is 6.06. The van der Waals surface area contributed by atoms with Gasteiger partial charge in [0.1, 0.15) is 6.61 Å². The SMILES string of the molecule is CCOc1cc(C#N)ccc1OCc1nc2ccccc2c(C)c1C(=O)OC. The number of carbonyl (C=O) groups excluding carboxylic acids is 1. The molecular weight excluding hydrogens is 356 g/mol. The van der Waals surface area contributed by atoms with Gasteiger partial charge < -0.3 is 14.2 Å². The lowest BCUT2D eigenvalue weighted by molar-refractivity contribution is 0.0596. The average molecular weight is 376 g/mol. The molecule has 142 valence electrons. The lowest BCUT2D eigenvalue weighted by Gasteiger charge is -2.15. The number of carbonyl (C=O) groups is 1. The van der Waals surface area contributed by atoms with Gasteiger partial charge in [-0.3, -0.25) is 0 Å². The van der Waals surface area contributed by atoms with Crippen LogP contribution in [0.4, 0.5) is 0 Å². The molecule has 6 heteroatoms. The third-order valence-electron chi connectivity index (χ3n) is 4.35. The molecule has 0 saturated heterocycles. The van der Waals surface area contributed by atoms with E-state index in [-0.39, 0.29) is 6.61 Å². The highest BCUT2D eigenvalue weighted by Crippen LogP contribution is 2.30. The van der Waals surface area contributed by atoms with Crippen LogP contribution >= 0.6 is 0 Å². The number of aromatic nitrogens is 1. The van der Waals surface area contributed by atoms with Gasteiger partial charge in [-0.1, -0.05) is 18.2 Å². The fourth-order valence-electron chi connectivity index (χ4n) is 3.03. The zero-order valence-corrected chi connectivity index (χ0v) is 16.0. The maximum Gasteiger partial charge on any atom is 0.340 e. The first-order chi connectivity index (χ1) is 13.6. The number of esters is 1. The van der Waals surface area contributed by atoms with Gasteiger partial charge in [0.15, 0.2) is 11.5 Å². The predicted molar refractivity (Wildman–Crippen MR) is 104 cm³/mol. The van der Waals surface area contributed by atoms with Crippen molar-refractivity contribution < 1.29 is 19.0 Å². The first-order valence-electron chi connectivity index (χ1n) is 8.85. The summed E-state index contributed by atoms with van der Waals surface area (Å²) >= 11 is 0. The summed E-state index contributed by atoms with van der Waals surface area (Å²) in [6, 6.07) is 14.6. The van der Waals surface area contributed by atoms with Gasteiger partial charge >= 0.3 is 5.97 Å². The predicted octanol–water partition coefficient (Wildman–Crippen LogP) is 4.18. The van der Waals surface area contributed by atoms with Gasteiger partial charge in [-0.25, -0.2) is 9.78 Å². The van der Waals surface area contributed by atoms with Gasteiger partial charge in [0, 0.05) is 11.5 Å². The van der Waals surface area contributed by atoms with Crippen LogP contribution in [0.3, 0.4) is 0 Å². The number of methoxy groups -OCH3 is 1. The zero-order chi connectivity index (χ0) is 20.1. The minimum Gasteiger partial charge on any atom is -0.490 e. The monoisotopic (exact) mass is 376 g/mol. The molecule has 0 saturated carbocycles. The number of para-hydroxylation sites is 1. The van der Waals surface area contributed by atoms with Gasteiger partial charge in [-0.2, -0.15) is 5.26 Å². The van der Waals surface area contributed by atoms with Gasteiger partial charge in [-0.05, 0) is 37.6 Å². The molecular formula is C22H20N2O4. The Morgan fingerprint density at radius 3 is 2.64 bits per heavy atom. The van der Waals surface area contributed by atoms with Crippen molar-refractivity contribution >= 4 is 16.9 Å². The first kappa shape index (κ1) is 19.2. The summed E-state index contributed by atoms with van der Waals surface area (Å²) in [4.78, 5) is 17.0. The number of benzene rings is 2. The van der Waals surface area contributed by atoms with E-state index in [1.165, 1.54) is 7.11 Å². The maximum atomic E-state index is 12.4. The van der Waals surface area contributed by atoms with Gasteiger partial charge in [-0.15, -0.1) is 0 Å². The fourth-order valence-corrected chi connectivity index (χ4v) is 3.03. The summed E-state index contributed by atoms with van der Waals surface area (Å²) in [6.45, 7) is 4.22. The zero-order valence-electron chi connectivity index (χ0n) is 16.0. The van der Waals surface area contributed by atoms with Crippen LogP contribution in [0.5, 0.6) is 11.5 Å². The summed E-state index contributed by atoms with van der Waals surface area (Å²) in [5, 5.41) is 9.97. The van der Waals surface area contributed by atoms with Crippen LogP contribution in [-0.4, -0.2) is 24.7 Å². The van der Waals surface area contributed by atoms with E-state index in [1.54, 1.807) is 18.2 Å². The van der Waals surface area contributed by atoms with E-state index in [4.69, 9.17) is 19.5 Å². The van der Waals surface area contributed by atoms with E-state index in [0.29, 0.717) is 34.9 Å². The third kappa shape index (κ3) is 3.74. The lowest BCUT2D eigenvalue weighted by Crippen LogP contribution is -2.13. The van der Waals surface area contributed by atoms with Crippen molar-refractivity contribution in [3.05, 3.63) is 64.8 Å². The number of nitriles is 1. The molecule has 0 aliphatic heterocycles. The summed E-state index contributed by atoms with van der Waals surface area (Å²) in [7, 11) is 1.34. The molecule has 0 amide bonds. The van der Waals surface area contributed by atoms with Crippen LogP contribution in [0.15, 0.2) is 42.5 Å². The number of rotatable bonds is 6. The standard InChI is InChI=1S/C22H20N2O4/c1-4-27-20-11-15(12-23)9-10-19(20)28-13-18-21(22(25)26-3)14(2)16-7-5-6-8-17(16)24-18/h5-11H,4,13H2,1-3H3. The number of aryl methyl sites for hydroxylation is 1. The van der Waals surface area contributed by atoms with Crippen LogP contribution < -0.4 is 9.47 Å². The van der Waals surface area contributed by atoms with E-state index in [1.807, 2.05) is 38.1 Å². The smallest absolute Gasteiger partial charge is 0.340 e. The Bertz CT molecular complexity index is 1070. The molecule has 3 rings (SSSR count). The normalized spacial score (nSPS) is 10.4. The van der Waals surface area contributed by atoms with E-state index in [2.05, 4.69) is 11.1 Å². The van der Waals surface area contributed by atoms with Crippen LogP contribution in [0, 0.1) is 18.3 Å². The first-order valence-corrected chi connectivity index (χ1v) is 8.85. The molecule has 0 unspecified atom stereocenters. The minimum atomic E-state index is -0.459. The average Bonchev–Trinajstić information content (AvgIpc) is 2.72. The Hall–Kier alpha value is -3.59. The molecule has 6 nitrogen and oxygen atoms in total. The topological polar surface area (TPSA) is 81.4 Å². The van der Waals surface area contributed by atoms with Crippen molar-refractivity contribution in [1.29, 1.82) is 5.26 Å².